The summed E-state index contributed by atoms with van der Waals surface area (Å²) >= 11 is 0. The Morgan fingerprint density at radius 2 is 1.67 bits per heavy atom. The fraction of sp³-hybridized carbons (Fsp3) is 0.900. The van der Waals surface area contributed by atoms with Gasteiger partial charge in [-0.25, -0.2) is 0 Å². The van der Waals surface area contributed by atoms with Gasteiger partial charge in [0.2, 0.25) is 0 Å². The van der Waals surface area contributed by atoms with E-state index in [-0.39, 0.29) is 5.78 Å². The molecule has 2 heteroatoms. The van der Waals surface area contributed by atoms with E-state index in [0.29, 0.717) is 6.42 Å². The van der Waals surface area contributed by atoms with E-state index in [1.807, 2.05) is 34.6 Å². The highest BCUT2D eigenvalue weighted by molar-refractivity contribution is 5.85. The maximum atomic E-state index is 11.6. The third-order valence-electron chi connectivity index (χ3n) is 2.79. The molecule has 2 nitrogen and oxygen atoms in total. The van der Waals surface area contributed by atoms with Crippen LogP contribution in [0.3, 0.4) is 0 Å². The minimum Gasteiger partial charge on any atom is -0.325 e. The van der Waals surface area contributed by atoms with E-state index in [4.69, 9.17) is 5.73 Å². The van der Waals surface area contributed by atoms with Gasteiger partial charge in [0.05, 0.1) is 0 Å². The molecule has 0 radical (unpaired) electrons. The summed E-state index contributed by atoms with van der Waals surface area (Å²) in [6.07, 6.45) is 1.53. The van der Waals surface area contributed by atoms with Crippen LogP contribution in [0.15, 0.2) is 0 Å². The lowest BCUT2D eigenvalue weighted by Crippen LogP contribution is -2.51. The van der Waals surface area contributed by atoms with Crippen molar-refractivity contribution in [2.45, 2.75) is 53.0 Å². The fourth-order valence-electron chi connectivity index (χ4n) is 0.899. The van der Waals surface area contributed by atoms with Crippen LogP contribution in [-0.4, -0.2) is 11.3 Å². The predicted molar refractivity (Wildman–Crippen MR) is 52.0 cm³/mol. The molecule has 12 heavy (non-hydrogen) atoms. The van der Waals surface area contributed by atoms with E-state index in [1.54, 1.807) is 0 Å². The van der Waals surface area contributed by atoms with Crippen LogP contribution in [0.25, 0.3) is 0 Å². The molecule has 0 aliphatic rings. The Kier molecular flexibility index (Phi) is 3.45. The van der Waals surface area contributed by atoms with Crippen LogP contribution in [0.1, 0.15) is 47.5 Å². The number of hydrogen-bond donors (Lipinski definition) is 1. The van der Waals surface area contributed by atoms with Crippen molar-refractivity contribution in [1.82, 2.24) is 0 Å². The van der Waals surface area contributed by atoms with E-state index in [1.165, 1.54) is 0 Å². The molecular weight excluding hydrogens is 150 g/mol. The molecule has 0 rings (SSSR count). The molecular formula is C10H21NO. The first-order valence-corrected chi connectivity index (χ1v) is 4.55. The van der Waals surface area contributed by atoms with E-state index >= 15 is 0 Å². The van der Waals surface area contributed by atoms with Gasteiger partial charge in [-0.05, 0) is 20.3 Å². The van der Waals surface area contributed by atoms with Crippen molar-refractivity contribution in [1.29, 1.82) is 0 Å². The van der Waals surface area contributed by atoms with Gasteiger partial charge in [-0.2, -0.15) is 0 Å². The third-order valence-corrected chi connectivity index (χ3v) is 2.79. The highest BCUT2D eigenvalue weighted by atomic mass is 16.1. The van der Waals surface area contributed by atoms with Gasteiger partial charge >= 0.3 is 0 Å². The second-order valence-corrected chi connectivity index (χ2v) is 4.52. The van der Waals surface area contributed by atoms with Gasteiger partial charge < -0.3 is 5.73 Å². The lowest BCUT2D eigenvalue weighted by molar-refractivity contribution is -0.129. The summed E-state index contributed by atoms with van der Waals surface area (Å²) in [5.41, 5.74) is 5.08. The predicted octanol–water partition coefficient (Wildman–Crippen LogP) is 2.12. The third kappa shape index (κ3) is 2.31. The Labute approximate surface area is 75.5 Å². The number of hydrogen-bond acceptors (Lipinski definition) is 2. The summed E-state index contributed by atoms with van der Waals surface area (Å²) in [5.74, 6) is 0.262. The largest absolute Gasteiger partial charge is 0.325 e. The molecule has 0 bridgehead atoms. The Bertz CT molecular complexity index is 165. The maximum absolute atomic E-state index is 11.6. The Morgan fingerprint density at radius 1 is 1.25 bits per heavy atom. The number of rotatable bonds is 4. The number of ketones is 1. The van der Waals surface area contributed by atoms with Crippen LogP contribution >= 0.6 is 0 Å². The molecule has 0 saturated carbocycles. The Hall–Kier alpha value is -0.370. The van der Waals surface area contributed by atoms with Gasteiger partial charge in [0.1, 0.15) is 5.78 Å². The van der Waals surface area contributed by atoms with Crippen molar-refractivity contribution < 1.29 is 4.79 Å². The second-order valence-electron chi connectivity index (χ2n) is 4.52. The first-order chi connectivity index (χ1) is 5.23. The van der Waals surface area contributed by atoms with Crippen LogP contribution in [0.2, 0.25) is 0 Å². The monoisotopic (exact) mass is 171 g/mol. The summed E-state index contributed by atoms with van der Waals surface area (Å²) in [7, 11) is 0. The quantitative estimate of drug-likeness (QED) is 0.704. The number of nitrogens with two attached hydrogens (primary N) is 1. The van der Waals surface area contributed by atoms with E-state index in [0.717, 1.165) is 6.42 Å². The maximum Gasteiger partial charge on any atom is 0.140 e. The molecule has 0 atom stereocenters. The lowest BCUT2D eigenvalue weighted by atomic mass is 9.71. The highest BCUT2D eigenvalue weighted by Gasteiger charge is 2.39. The van der Waals surface area contributed by atoms with Crippen LogP contribution < -0.4 is 5.73 Å². The van der Waals surface area contributed by atoms with Crippen molar-refractivity contribution >= 4 is 5.78 Å². The van der Waals surface area contributed by atoms with Gasteiger partial charge in [0.25, 0.3) is 0 Å². The molecule has 0 aliphatic carbocycles. The molecule has 0 aromatic rings. The number of Topliss-reactive ketones (excluding diaryl/α,β-unsaturated/α-hetero) is 1. The summed E-state index contributed by atoms with van der Waals surface area (Å²) < 4.78 is 0. The zero-order valence-electron chi connectivity index (χ0n) is 8.90. The van der Waals surface area contributed by atoms with E-state index in [9.17, 15) is 4.79 Å². The average Bonchev–Trinajstić information content (AvgIpc) is 1.85. The van der Waals surface area contributed by atoms with Crippen molar-refractivity contribution in [3.8, 4) is 0 Å². The van der Waals surface area contributed by atoms with Crippen LogP contribution in [0, 0.1) is 5.41 Å². The summed E-state index contributed by atoms with van der Waals surface area (Å²) in [6, 6.07) is 0. The highest BCUT2D eigenvalue weighted by Crippen LogP contribution is 2.30. The molecule has 2 N–H and O–H groups in total. The van der Waals surface area contributed by atoms with Gasteiger partial charge in [0, 0.05) is 17.4 Å². The second kappa shape index (κ2) is 3.56. The van der Waals surface area contributed by atoms with Crippen LogP contribution in [0.5, 0.6) is 0 Å². The standard InChI is InChI=1S/C10H21NO/c1-6-7-8(12)9(2,3)10(4,5)11/h6-7,11H2,1-5H3. The van der Waals surface area contributed by atoms with Crippen LogP contribution in [0.4, 0.5) is 0 Å². The topological polar surface area (TPSA) is 43.1 Å². The summed E-state index contributed by atoms with van der Waals surface area (Å²) in [6.45, 7) is 9.66. The number of carbonyl (C=O) groups excluding carboxylic acids is 1. The van der Waals surface area contributed by atoms with E-state index in [2.05, 4.69) is 0 Å². The molecule has 0 fully saturated rings. The first-order valence-electron chi connectivity index (χ1n) is 4.55. The molecule has 0 amide bonds. The van der Waals surface area contributed by atoms with Gasteiger partial charge in [0.15, 0.2) is 0 Å². The molecule has 0 spiro atoms. The van der Waals surface area contributed by atoms with Crippen molar-refractivity contribution in [3.05, 3.63) is 0 Å². The van der Waals surface area contributed by atoms with Crippen molar-refractivity contribution in [2.75, 3.05) is 0 Å². The van der Waals surface area contributed by atoms with Crippen molar-refractivity contribution in [3.63, 3.8) is 0 Å². The minimum absolute atomic E-state index is 0.262. The molecule has 0 aromatic heterocycles. The fourth-order valence-corrected chi connectivity index (χ4v) is 0.899. The molecule has 0 aromatic carbocycles. The summed E-state index contributed by atoms with van der Waals surface area (Å²) in [4.78, 5) is 11.6. The molecule has 0 unspecified atom stereocenters. The molecule has 0 saturated heterocycles. The molecule has 0 heterocycles. The molecule has 0 aliphatic heterocycles. The number of carbonyl (C=O) groups is 1. The average molecular weight is 171 g/mol. The van der Waals surface area contributed by atoms with Gasteiger partial charge in [-0.15, -0.1) is 0 Å². The Morgan fingerprint density at radius 3 is 1.92 bits per heavy atom. The van der Waals surface area contributed by atoms with Gasteiger partial charge in [-0.1, -0.05) is 20.8 Å². The van der Waals surface area contributed by atoms with Crippen LogP contribution in [-0.2, 0) is 4.79 Å². The normalized spacial score (nSPS) is 13.2. The lowest BCUT2D eigenvalue weighted by Gasteiger charge is -2.37. The molecule has 72 valence electrons. The van der Waals surface area contributed by atoms with Gasteiger partial charge in [-0.3, -0.25) is 4.79 Å². The van der Waals surface area contributed by atoms with Crippen molar-refractivity contribution in [2.24, 2.45) is 11.1 Å². The van der Waals surface area contributed by atoms with E-state index < -0.39 is 11.0 Å². The minimum atomic E-state index is -0.431. The first kappa shape index (κ1) is 11.6. The zero-order chi connectivity index (χ0) is 9.99. The zero-order valence-corrected chi connectivity index (χ0v) is 8.90. The SMILES string of the molecule is CCCC(=O)C(C)(C)C(C)(C)N. The summed E-state index contributed by atoms with van der Waals surface area (Å²) in [5, 5.41) is 0. The smallest absolute Gasteiger partial charge is 0.140 e. The Balaban J connectivity index is 4.50.